The van der Waals surface area contributed by atoms with Crippen molar-refractivity contribution in [3.8, 4) is 0 Å². The third-order valence-electron chi connectivity index (χ3n) is 2.94. The lowest BCUT2D eigenvalue weighted by Gasteiger charge is -2.16. The zero-order valence-electron chi connectivity index (χ0n) is 10.1. The highest BCUT2D eigenvalue weighted by Crippen LogP contribution is 2.31. The summed E-state index contributed by atoms with van der Waals surface area (Å²) in [7, 11) is 0. The Kier molecular flexibility index (Phi) is 4.23. The van der Waals surface area contributed by atoms with Crippen LogP contribution in [0.25, 0.3) is 0 Å². The number of hydrogen-bond acceptors (Lipinski definition) is 1. The standard InChI is InChI=1S/C14H11BrClF2N/c1-7-2-4-10(13(18)12(7)17)14(19)9-5-3-8(15)6-11(9)16/h2-6,14H,19H2,1H3. The molecule has 5 heteroatoms. The molecular weight excluding hydrogens is 336 g/mol. The first-order valence-electron chi connectivity index (χ1n) is 5.57. The molecule has 2 N–H and O–H groups in total. The van der Waals surface area contributed by atoms with E-state index in [9.17, 15) is 8.78 Å². The summed E-state index contributed by atoms with van der Waals surface area (Å²) >= 11 is 9.35. The van der Waals surface area contributed by atoms with E-state index in [1.54, 1.807) is 18.2 Å². The predicted octanol–water partition coefficient (Wildman–Crippen LogP) is 4.74. The fourth-order valence-electron chi connectivity index (χ4n) is 1.82. The summed E-state index contributed by atoms with van der Waals surface area (Å²) in [6, 6.07) is 7.28. The Morgan fingerprint density at radius 1 is 1.11 bits per heavy atom. The van der Waals surface area contributed by atoms with Crippen molar-refractivity contribution >= 4 is 27.5 Å². The molecule has 0 saturated heterocycles. The van der Waals surface area contributed by atoms with Crippen LogP contribution >= 0.6 is 27.5 Å². The van der Waals surface area contributed by atoms with Gasteiger partial charge in [0.15, 0.2) is 11.6 Å². The van der Waals surface area contributed by atoms with Crippen LogP contribution in [0.5, 0.6) is 0 Å². The van der Waals surface area contributed by atoms with E-state index in [-0.39, 0.29) is 11.1 Å². The maximum Gasteiger partial charge on any atom is 0.164 e. The van der Waals surface area contributed by atoms with Gasteiger partial charge in [-0.05, 0) is 30.2 Å². The molecule has 0 aliphatic heterocycles. The fourth-order valence-corrected chi connectivity index (χ4v) is 2.61. The Hall–Kier alpha value is -0.970. The molecule has 0 bridgehead atoms. The molecule has 0 fully saturated rings. The van der Waals surface area contributed by atoms with Gasteiger partial charge in [-0.3, -0.25) is 0 Å². The molecule has 0 spiro atoms. The molecule has 2 rings (SSSR count). The van der Waals surface area contributed by atoms with Gasteiger partial charge in [-0.25, -0.2) is 8.78 Å². The van der Waals surface area contributed by atoms with Gasteiger partial charge < -0.3 is 5.73 Å². The minimum atomic E-state index is -0.925. The van der Waals surface area contributed by atoms with Crippen LogP contribution in [-0.4, -0.2) is 0 Å². The maximum atomic E-state index is 13.9. The van der Waals surface area contributed by atoms with E-state index >= 15 is 0 Å². The Bertz CT molecular complexity index is 631. The molecule has 1 nitrogen and oxygen atoms in total. The SMILES string of the molecule is Cc1ccc(C(N)c2ccc(Br)cc2Cl)c(F)c1F. The van der Waals surface area contributed by atoms with E-state index in [1.165, 1.54) is 19.1 Å². The first kappa shape index (κ1) is 14.4. The van der Waals surface area contributed by atoms with Crippen molar-refractivity contribution in [3.63, 3.8) is 0 Å². The number of halogens is 4. The first-order valence-corrected chi connectivity index (χ1v) is 6.74. The van der Waals surface area contributed by atoms with Crippen LogP contribution in [0.2, 0.25) is 5.02 Å². The van der Waals surface area contributed by atoms with Crippen LogP contribution in [0.15, 0.2) is 34.8 Å². The minimum absolute atomic E-state index is 0.0901. The Morgan fingerprint density at radius 2 is 1.74 bits per heavy atom. The van der Waals surface area contributed by atoms with E-state index in [4.69, 9.17) is 17.3 Å². The van der Waals surface area contributed by atoms with Gasteiger partial charge in [-0.1, -0.05) is 45.7 Å². The molecule has 0 saturated carbocycles. The molecule has 1 atom stereocenters. The zero-order valence-corrected chi connectivity index (χ0v) is 12.4. The molecule has 2 aromatic rings. The predicted molar refractivity (Wildman–Crippen MR) is 76.3 cm³/mol. The van der Waals surface area contributed by atoms with Crippen LogP contribution in [0.1, 0.15) is 22.7 Å². The summed E-state index contributed by atoms with van der Waals surface area (Å²) in [5.41, 5.74) is 6.86. The zero-order chi connectivity index (χ0) is 14.2. The molecule has 0 aliphatic rings. The van der Waals surface area contributed by atoms with E-state index in [1.807, 2.05) is 0 Å². The number of benzene rings is 2. The van der Waals surface area contributed by atoms with Crippen molar-refractivity contribution in [2.75, 3.05) is 0 Å². The van der Waals surface area contributed by atoms with Gasteiger partial charge in [-0.2, -0.15) is 0 Å². The molecule has 2 aromatic carbocycles. The van der Waals surface area contributed by atoms with Gasteiger partial charge in [0.05, 0.1) is 6.04 Å². The number of rotatable bonds is 2. The Balaban J connectivity index is 2.50. The third-order valence-corrected chi connectivity index (χ3v) is 3.76. The van der Waals surface area contributed by atoms with Crippen molar-refractivity contribution in [2.24, 2.45) is 5.73 Å². The van der Waals surface area contributed by atoms with Crippen molar-refractivity contribution in [1.29, 1.82) is 0 Å². The summed E-state index contributed by atoms with van der Waals surface area (Å²) in [5, 5.41) is 0.405. The first-order chi connectivity index (χ1) is 8.91. The average molecular weight is 347 g/mol. The quantitative estimate of drug-likeness (QED) is 0.835. The van der Waals surface area contributed by atoms with Crippen molar-refractivity contribution in [1.82, 2.24) is 0 Å². The summed E-state index contributed by atoms with van der Waals surface area (Å²) in [6.07, 6.45) is 0. The second-order valence-corrected chi connectivity index (χ2v) is 5.57. The number of nitrogens with two attached hydrogens (primary N) is 1. The number of hydrogen-bond donors (Lipinski definition) is 1. The largest absolute Gasteiger partial charge is 0.320 e. The Morgan fingerprint density at radius 3 is 2.37 bits per heavy atom. The molecule has 0 heterocycles. The van der Waals surface area contributed by atoms with Crippen molar-refractivity contribution in [3.05, 3.63) is 68.2 Å². The van der Waals surface area contributed by atoms with Gasteiger partial charge in [0.1, 0.15) is 0 Å². The second-order valence-electron chi connectivity index (χ2n) is 4.24. The van der Waals surface area contributed by atoms with E-state index in [2.05, 4.69) is 15.9 Å². The van der Waals surface area contributed by atoms with Crippen LogP contribution in [0.3, 0.4) is 0 Å². The molecule has 1 unspecified atom stereocenters. The molecule has 0 amide bonds. The lowest BCUT2D eigenvalue weighted by Crippen LogP contribution is -2.15. The van der Waals surface area contributed by atoms with Crippen molar-refractivity contribution in [2.45, 2.75) is 13.0 Å². The van der Waals surface area contributed by atoms with E-state index in [0.29, 0.717) is 10.6 Å². The van der Waals surface area contributed by atoms with Crippen LogP contribution in [-0.2, 0) is 0 Å². The normalized spacial score (nSPS) is 12.5. The molecular formula is C14H11BrClF2N. The highest BCUT2D eigenvalue weighted by Gasteiger charge is 2.19. The highest BCUT2D eigenvalue weighted by molar-refractivity contribution is 9.10. The summed E-state index contributed by atoms with van der Waals surface area (Å²) in [5.74, 6) is -1.80. The van der Waals surface area contributed by atoms with Crippen molar-refractivity contribution < 1.29 is 8.78 Å². The van der Waals surface area contributed by atoms with Gasteiger partial charge >= 0.3 is 0 Å². The van der Waals surface area contributed by atoms with Crippen LogP contribution < -0.4 is 5.73 Å². The van der Waals surface area contributed by atoms with E-state index < -0.39 is 17.7 Å². The highest BCUT2D eigenvalue weighted by atomic mass is 79.9. The van der Waals surface area contributed by atoms with Crippen LogP contribution in [0.4, 0.5) is 8.78 Å². The minimum Gasteiger partial charge on any atom is -0.320 e. The summed E-state index contributed by atoms with van der Waals surface area (Å²) < 4.78 is 28.3. The monoisotopic (exact) mass is 345 g/mol. The Labute approximate surface area is 123 Å². The molecule has 0 radical (unpaired) electrons. The third kappa shape index (κ3) is 2.81. The van der Waals surface area contributed by atoms with Gasteiger partial charge in [-0.15, -0.1) is 0 Å². The molecule has 0 aliphatic carbocycles. The topological polar surface area (TPSA) is 26.0 Å². The smallest absolute Gasteiger partial charge is 0.164 e. The lowest BCUT2D eigenvalue weighted by atomic mass is 9.98. The summed E-state index contributed by atoms with van der Waals surface area (Å²) in [6.45, 7) is 1.50. The second kappa shape index (κ2) is 5.57. The fraction of sp³-hybridized carbons (Fsp3) is 0.143. The molecule has 0 aromatic heterocycles. The van der Waals surface area contributed by atoms with Gasteiger partial charge in [0, 0.05) is 15.1 Å². The van der Waals surface area contributed by atoms with Crippen LogP contribution in [0, 0.1) is 18.6 Å². The number of aryl methyl sites for hydroxylation is 1. The molecule has 100 valence electrons. The van der Waals surface area contributed by atoms with Gasteiger partial charge in [0.2, 0.25) is 0 Å². The molecule has 19 heavy (non-hydrogen) atoms. The lowest BCUT2D eigenvalue weighted by molar-refractivity contribution is 0.489. The maximum absolute atomic E-state index is 13.9. The summed E-state index contributed by atoms with van der Waals surface area (Å²) in [4.78, 5) is 0. The average Bonchev–Trinajstić information content (AvgIpc) is 2.35. The van der Waals surface area contributed by atoms with E-state index in [0.717, 1.165) is 4.47 Å². The van der Waals surface area contributed by atoms with Gasteiger partial charge in [0.25, 0.3) is 0 Å².